The van der Waals surface area contributed by atoms with Gasteiger partial charge in [-0.1, -0.05) is 12.1 Å². The van der Waals surface area contributed by atoms with Crippen molar-refractivity contribution in [1.82, 2.24) is 14.9 Å². The molecule has 0 aliphatic carbocycles. The minimum Gasteiger partial charge on any atom is -0.486 e. The van der Waals surface area contributed by atoms with Gasteiger partial charge in [0.05, 0.1) is 5.69 Å². The second-order valence-corrected chi connectivity index (χ2v) is 6.42. The third-order valence-corrected chi connectivity index (χ3v) is 4.52. The molecule has 3 heterocycles. The SMILES string of the molecule is CN(C)c1ncnc2c1CN(Cc1cccc3c1OCCO3)CC2. The summed E-state index contributed by atoms with van der Waals surface area (Å²) in [5.41, 5.74) is 3.58. The fourth-order valence-electron chi connectivity index (χ4n) is 3.40. The summed E-state index contributed by atoms with van der Waals surface area (Å²) in [6, 6.07) is 6.13. The number of para-hydroxylation sites is 1. The summed E-state index contributed by atoms with van der Waals surface area (Å²) >= 11 is 0. The molecular formula is C18H22N4O2. The predicted molar refractivity (Wildman–Crippen MR) is 91.6 cm³/mol. The topological polar surface area (TPSA) is 50.7 Å². The van der Waals surface area contributed by atoms with Gasteiger partial charge in [-0.15, -0.1) is 0 Å². The lowest BCUT2D eigenvalue weighted by Crippen LogP contribution is -2.32. The van der Waals surface area contributed by atoms with Crippen LogP contribution in [0.25, 0.3) is 0 Å². The van der Waals surface area contributed by atoms with Crippen LogP contribution in [0.4, 0.5) is 5.82 Å². The summed E-state index contributed by atoms with van der Waals surface area (Å²) in [5.74, 6) is 2.76. The molecule has 0 radical (unpaired) electrons. The van der Waals surface area contributed by atoms with Crippen LogP contribution >= 0.6 is 0 Å². The molecule has 0 atom stereocenters. The van der Waals surface area contributed by atoms with Crippen LogP contribution < -0.4 is 14.4 Å². The zero-order chi connectivity index (χ0) is 16.5. The second-order valence-electron chi connectivity index (χ2n) is 6.42. The number of aromatic nitrogens is 2. The lowest BCUT2D eigenvalue weighted by Gasteiger charge is -2.31. The molecule has 0 spiro atoms. The third-order valence-electron chi connectivity index (χ3n) is 4.52. The van der Waals surface area contributed by atoms with Gasteiger partial charge < -0.3 is 14.4 Å². The van der Waals surface area contributed by atoms with Crippen molar-refractivity contribution in [2.75, 3.05) is 38.8 Å². The quantitative estimate of drug-likeness (QED) is 0.858. The van der Waals surface area contributed by atoms with Gasteiger partial charge in [-0.25, -0.2) is 9.97 Å². The maximum atomic E-state index is 5.84. The molecule has 4 rings (SSSR count). The van der Waals surface area contributed by atoms with E-state index in [1.807, 2.05) is 26.2 Å². The van der Waals surface area contributed by atoms with Gasteiger partial charge in [-0.05, 0) is 6.07 Å². The van der Waals surface area contributed by atoms with Crippen molar-refractivity contribution in [1.29, 1.82) is 0 Å². The van der Waals surface area contributed by atoms with Gasteiger partial charge in [-0.3, -0.25) is 4.90 Å². The lowest BCUT2D eigenvalue weighted by atomic mass is 10.0. The van der Waals surface area contributed by atoms with Crippen LogP contribution in [0.5, 0.6) is 11.5 Å². The Kier molecular flexibility index (Phi) is 3.98. The number of hydrogen-bond donors (Lipinski definition) is 0. The van der Waals surface area contributed by atoms with Gasteiger partial charge in [-0.2, -0.15) is 0 Å². The highest BCUT2D eigenvalue weighted by Crippen LogP contribution is 2.35. The van der Waals surface area contributed by atoms with Crippen molar-refractivity contribution in [2.45, 2.75) is 19.5 Å². The third kappa shape index (κ3) is 2.78. The molecule has 126 valence electrons. The van der Waals surface area contributed by atoms with Crippen molar-refractivity contribution >= 4 is 5.82 Å². The average molecular weight is 326 g/mol. The first kappa shape index (κ1) is 15.2. The summed E-state index contributed by atoms with van der Waals surface area (Å²) in [7, 11) is 4.06. The number of hydrogen-bond acceptors (Lipinski definition) is 6. The number of anilines is 1. The molecule has 2 aliphatic heterocycles. The fourth-order valence-corrected chi connectivity index (χ4v) is 3.40. The van der Waals surface area contributed by atoms with Crippen LogP contribution in [0.1, 0.15) is 16.8 Å². The Morgan fingerprint density at radius 3 is 2.92 bits per heavy atom. The summed E-state index contributed by atoms with van der Waals surface area (Å²) in [6.45, 7) is 3.92. The molecule has 24 heavy (non-hydrogen) atoms. The van der Waals surface area contributed by atoms with Crippen molar-refractivity contribution in [3.63, 3.8) is 0 Å². The van der Waals surface area contributed by atoms with E-state index in [0.717, 1.165) is 43.4 Å². The molecular weight excluding hydrogens is 304 g/mol. The van der Waals surface area contributed by atoms with Crippen molar-refractivity contribution in [3.05, 3.63) is 41.3 Å². The van der Waals surface area contributed by atoms with Crippen LogP contribution in [0.3, 0.4) is 0 Å². The van der Waals surface area contributed by atoms with Gasteiger partial charge in [0.1, 0.15) is 25.4 Å². The Labute approximate surface area is 142 Å². The van der Waals surface area contributed by atoms with Crippen molar-refractivity contribution in [3.8, 4) is 11.5 Å². The lowest BCUT2D eigenvalue weighted by molar-refractivity contribution is 0.165. The van der Waals surface area contributed by atoms with Crippen LogP contribution in [0.15, 0.2) is 24.5 Å². The number of fused-ring (bicyclic) bond motifs is 2. The molecule has 0 saturated heterocycles. The molecule has 0 amide bonds. The summed E-state index contributed by atoms with van der Waals surface area (Å²) < 4.78 is 11.5. The molecule has 2 aliphatic rings. The molecule has 0 N–H and O–H groups in total. The Hall–Kier alpha value is -2.34. The molecule has 0 unspecified atom stereocenters. The number of nitrogens with zero attached hydrogens (tertiary/aromatic N) is 4. The Morgan fingerprint density at radius 2 is 2.04 bits per heavy atom. The van der Waals surface area contributed by atoms with E-state index in [2.05, 4.69) is 25.8 Å². The van der Waals surface area contributed by atoms with Crippen LogP contribution in [-0.2, 0) is 19.5 Å². The number of ether oxygens (including phenoxy) is 2. The van der Waals surface area contributed by atoms with Gasteiger partial charge in [0.2, 0.25) is 0 Å². The standard InChI is InChI=1S/C18H22N4O2/c1-21(2)18-14-11-22(7-6-15(14)19-12-20-18)10-13-4-3-5-16-17(13)24-9-8-23-16/h3-5,12H,6-11H2,1-2H3. The van der Waals surface area contributed by atoms with Crippen LogP contribution in [0.2, 0.25) is 0 Å². The van der Waals surface area contributed by atoms with Gasteiger partial charge in [0.15, 0.2) is 11.5 Å². The first-order chi connectivity index (χ1) is 11.7. The van der Waals surface area contributed by atoms with Crippen LogP contribution in [0, 0.1) is 0 Å². The smallest absolute Gasteiger partial charge is 0.165 e. The summed E-state index contributed by atoms with van der Waals surface area (Å²) in [6.07, 6.45) is 2.62. The first-order valence-electron chi connectivity index (χ1n) is 8.32. The highest BCUT2D eigenvalue weighted by Gasteiger charge is 2.24. The maximum absolute atomic E-state index is 5.84. The van der Waals surface area contributed by atoms with E-state index < -0.39 is 0 Å². The Balaban J connectivity index is 1.58. The molecule has 6 heteroatoms. The van der Waals surface area contributed by atoms with Crippen molar-refractivity contribution < 1.29 is 9.47 Å². The zero-order valence-electron chi connectivity index (χ0n) is 14.2. The summed E-state index contributed by atoms with van der Waals surface area (Å²) in [5, 5.41) is 0. The van der Waals surface area contributed by atoms with E-state index in [9.17, 15) is 0 Å². The minimum absolute atomic E-state index is 0.617. The Morgan fingerprint density at radius 1 is 1.17 bits per heavy atom. The number of benzene rings is 1. The van der Waals surface area contributed by atoms with E-state index in [1.165, 1.54) is 16.8 Å². The molecule has 2 aromatic rings. The molecule has 0 bridgehead atoms. The fraction of sp³-hybridized carbons (Fsp3) is 0.444. The second kappa shape index (κ2) is 6.28. The highest BCUT2D eigenvalue weighted by atomic mass is 16.6. The van der Waals surface area contributed by atoms with Gasteiger partial charge in [0, 0.05) is 51.3 Å². The largest absolute Gasteiger partial charge is 0.486 e. The van der Waals surface area contributed by atoms with Crippen LogP contribution in [-0.4, -0.2) is 48.7 Å². The molecule has 1 aromatic heterocycles. The maximum Gasteiger partial charge on any atom is 0.165 e. The van der Waals surface area contributed by atoms with Gasteiger partial charge in [0.25, 0.3) is 0 Å². The van der Waals surface area contributed by atoms with E-state index in [4.69, 9.17) is 9.47 Å². The molecule has 0 fully saturated rings. The predicted octanol–water partition coefficient (Wildman–Crippen LogP) is 1.87. The normalized spacial score (nSPS) is 16.6. The number of rotatable bonds is 3. The molecule has 6 nitrogen and oxygen atoms in total. The monoisotopic (exact) mass is 326 g/mol. The highest BCUT2D eigenvalue weighted by molar-refractivity contribution is 5.49. The van der Waals surface area contributed by atoms with E-state index in [1.54, 1.807) is 6.33 Å². The first-order valence-corrected chi connectivity index (χ1v) is 8.32. The minimum atomic E-state index is 0.617. The molecule has 0 saturated carbocycles. The summed E-state index contributed by atoms with van der Waals surface area (Å²) in [4.78, 5) is 13.4. The Bertz CT molecular complexity index is 748. The molecule has 1 aromatic carbocycles. The average Bonchev–Trinajstić information content (AvgIpc) is 2.61. The van der Waals surface area contributed by atoms with E-state index in [0.29, 0.717) is 13.2 Å². The van der Waals surface area contributed by atoms with Crippen molar-refractivity contribution in [2.24, 2.45) is 0 Å². The van der Waals surface area contributed by atoms with E-state index >= 15 is 0 Å². The van der Waals surface area contributed by atoms with E-state index in [-0.39, 0.29) is 0 Å². The van der Waals surface area contributed by atoms with Gasteiger partial charge >= 0.3 is 0 Å². The zero-order valence-corrected chi connectivity index (χ0v) is 14.2.